The van der Waals surface area contributed by atoms with Crippen molar-refractivity contribution in [3.8, 4) is 0 Å². The minimum absolute atomic E-state index is 0.0179. The number of rotatable bonds is 9. The molecule has 9 nitrogen and oxygen atoms in total. The number of nitrogens with one attached hydrogen (secondary N) is 1. The second-order valence-electron chi connectivity index (χ2n) is 18.4. The number of allylic oxidation sites excluding steroid dienone is 2. The van der Waals surface area contributed by atoms with Gasteiger partial charge in [-0.05, 0) is 127 Å². The van der Waals surface area contributed by atoms with Gasteiger partial charge in [-0.2, -0.15) is 4.31 Å². The minimum atomic E-state index is -3.79. The number of nitrogens with zero attached hydrogens (tertiary/aromatic N) is 2. The Kier molecular flexibility index (Phi) is 9.71. The van der Waals surface area contributed by atoms with Crippen molar-refractivity contribution in [3.05, 3.63) is 41.5 Å². The van der Waals surface area contributed by atoms with Crippen LogP contribution in [0, 0.1) is 45.8 Å². The Morgan fingerprint density at radius 1 is 0.843 bits per heavy atom. The number of benzene rings is 1. The van der Waals surface area contributed by atoms with Gasteiger partial charge in [-0.15, -0.1) is 0 Å². The summed E-state index contributed by atoms with van der Waals surface area (Å²) in [4.78, 5) is 13.8. The number of piperazine rings is 1. The molecule has 5 fully saturated rings. The molecule has 0 amide bonds. The lowest BCUT2D eigenvalue weighted by atomic mass is 9.37. The van der Waals surface area contributed by atoms with E-state index in [4.69, 9.17) is 0 Å². The normalized spacial score (nSPS) is 38.5. The highest BCUT2D eigenvalue weighted by molar-refractivity contribution is 8.06. The van der Waals surface area contributed by atoms with Crippen molar-refractivity contribution in [2.75, 3.05) is 50.6 Å². The van der Waals surface area contributed by atoms with E-state index in [9.17, 15) is 26.7 Å². The molecular weight excluding hydrogens is 683 g/mol. The molecule has 4 saturated carbocycles. The number of hydrogen-bond acceptors (Lipinski definition) is 7. The van der Waals surface area contributed by atoms with Gasteiger partial charge in [0, 0.05) is 51.1 Å². The van der Waals surface area contributed by atoms with E-state index in [1.54, 1.807) is 12.1 Å². The summed E-state index contributed by atoms with van der Waals surface area (Å²) in [6.07, 6.45) is 16.2. The molecule has 0 radical (unpaired) electrons. The summed E-state index contributed by atoms with van der Waals surface area (Å²) < 4.78 is 49.8. The fraction of sp³-hybridized carbons (Fsp3) is 0.775. The number of sulfone groups is 1. The third-order valence-electron chi connectivity index (χ3n) is 15.5. The number of carbonyl (C=O) groups is 1. The number of sulfonamides is 1. The summed E-state index contributed by atoms with van der Waals surface area (Å²) in [6, 6.07) is 7.53. The smallest absolute Gasteiger partial charge is 0.335 e. The van der Waals surface area contributed by atoms with Crippen LogP contribution in [0.15, 0.2) is 30.3 Å². The van der Waals surface area contributed by atoms with Gasteiger partial charge in [-0.1, -0.05) is 52.3 Å². The molecule has 6 aliphatic rings. The van der Waals surface area contributed by atoms with Crippen LogP contribution in [-0.2, 0) is 19.9 Å². The largest absolute Gasteiger partial charge is 0.478 e. The molecule has 1 saturated heterocycles. The Morgan fingerprint density at radius 2 is 1.55 bits per heavy atom. The van der Waals surface area contributed by atoms with Crippen LogP contribution < -0.4 is 5.32 Å². The van der Waals surface area contributed by atoms with Crippen LogP contribution in [0.25, 0.3) is 5.57 Å². The molecule has 284 valence electrons. The standard InChI is InChI=1S/C40H61N3O6S2/c1-37(2)31(28-8-10-29(11-9-28)36(44)45)14-18-39(4)34(37)16-19-38(3)32-15-20-40(17-6-7-33(40)30(32)12-13-35(38)39)41-21-22-42-23-25-43(26-24-42)51(48,49)27-50(5,46)47/h8-11,14,30,32-35,41H,6-7,12-13,15-27H2,1-5H3,(H,44,45)/t30-,32?,33?,34?,35?,38-,39-,40-/m0/s1. The molecule has 11 heteroatoms. The van der Waals surface area contributed by atoms with Crippen LogP contribution in [0.4, 0.5) is 0 Å². The lowest BCUT2D eigenvalue weighted by Gasteiger charge is -2.68. The SMILES string of the molecule is CC1(C)C(c2ccc(C(=O)O)cc2)=CC[C@@]2(C)C1CC[C@@]1(C)C3CC[C@@]4(NCCN5CCN(S(=O)(=O)CS(C)(=O)=O)CC5)CCCC4[C@H]3CCC12. The van der Waals surface area contributed by atoms with E-state index in [0.29, 0.717) is 49.0 Å². The number of aromatic carboxylic acids is 1. The van der Waals surface area contributed by atoms with Crippen molar-refractivity contribution in [3.63, 3.8) is 0 Å². The Bertz CT molecular complexity index is 1750. The number of hydrogen-bond donors (Lipinski definition) is 2. The van der Waals surface area contributed by atoms with Crippen LogP contribution in [0.1, 0.15) is 108 Å². The zero-order valence-corrected chi connectivity index (χ0v) is 33.1. The summed E-state index contributed by atoms with van der Waals surface area (Å²) in [6.45, 7) is 14.0. The third kappa shape index (κ3) is 6.57. The zero-order chi connectivity index (χ0) is 36.6. The molecule has 1 aromatic carbocycles. The highest BCUT2D eigenvalue weighted by Crippen LogP contribution is 2.72. The number of carboxylic acids is 1. The van der Waals surface area contributed by atoms with Crippen LogP contribution in [0.5, 0.6) is 0 Å². The average Bonchev–Trinajstić information content (AvgIpc) is 3.48. The monoisotopic (exact) mass is 743 g/mol. The first-order valence-electron chi connectivity index (χ1n) is 19.6. The Morgan fingerprint density at radius 3 is 2.22 bits per heavy atom. The van der Waals surface area contributed by atoms with Crippen molar-refractivity contribution >= 4 is 31.4 Å². The van der Waals surface area contributed by atoms with E-state index in [1.165, 1.54) is 73.2 Å². The quantitative estimate of drug-likeness (QED) is 0.310. The fourth-order valence-electron chi connectivity index (χ4n) is 13.5. The molecule has 1 aromatic rings. The molecule has 0 spiro atoms. The van der Waals surface area contributed by atoms with Crippen molar-refractivity contribution < 1.29 is 26.7 Å². The highest BCUT2D eigenvalue weighted by atomic mass is 32.3. The first-order valence-corrected chi connectivity index (χ1v) is 23.2. The molecule has 1 aliphatic heterocycles. The van der Waals surface area contributed by atoms with E-state index < -0.39 is 30.9 Å². The first-order chi connectivity index (χ1) is 23.9. The Labute approximate surface area is 307 Å². The summed E-state index contributed by atoms with van der Waals surface area (Å²) >= 11 is 0. The van der Waals surface area contributed by atoms with E-state index in [2.05, 4.69) is 44.0 Å². The van der Waals surface area contributed by atoms with E-state index in [0.717, 1.165) is 43.5 Å². The fourth-order valence-corrected chi connectivity index (χ4v) is 16.9. The topological polar surface area (TPSA) is 124 Å². The minimum Gasteiger partial charge on any atom is -0.478 e. The van der Waals surface area contributed by atoms with Crippen molar-refractivity contribution in [2.45, 2.75) is 97.4 Å². The van der Waals surface area contributed by atoms with Gasteiger partial charge < -0.3 is 10.4 Å². The van der Waals surface area contributed by atoms with Crippen LogP contribution in [0.2, 0.25) is 0 Å². The molecular formula is C40H61N3O6S2. The summed E-state index contributed by atoms with van der Waals surface area (Å²) in [7, 11) is -7.39. The lowest BCUT2D eigenvalue weighted by molar-refractivity contribution is -0.172. The van der Waals surface area contributed by atoms with Crippen molar-refractivity contribution in [1.29, 1.82) is 0 Å². The van der Waals surface area contributed by atoms with Gasteiger partial charge in [0.15, 0.2) is 14.9 Å². The Hall–Kier alpha value is -1.79. The second-order valence-corrected chi connectivity index (χ2v) is 22.9. The summed E-state index contributed by atoms with van der Waals surface area (Å²) in [5.41, 5.74) is 3.73. The molecule has 0 bridgehead atoms. The number of fused-ring (bicyclic) bond motifs is 7. The lowest BCUT2D eigenvalue weighted by Crippen LogP contribution is -2.64. The average molecular weight is 744 g/mol. The van der Waals surface area contributed by atoms with E-state index in [1.807, 2.05) is 12.1 Å². The van der Waals surface area contributed by atoms with Gasteiger partial charge in [0.2, 0.25) is 10.0 Å². The van der Waals surface area contributed by atoms with Gasteiger partial charge in [0.1, 0.15) is 0 Å². The molecule has 2 N–H and O–H groups in total. The Balaban J connectivity index is 1.00. The van der Waals surface area contributed by atoms with Gasteiger partial charge in [-0.3, -0.25) is 4.90 Å². The van der Waals surface area contributed by atoms with Crippen molar-refractivity contribution in [1.82, 2.24) is 14.5 Å². The van der Waals surface area contributed by atoms with Gasteiger partial charge in [-0.25, -0.2) is 21.6 Å². The maximum absolute atomic E-state index is 12.6. The zero-order valence-electron chi connectivity index (χ0n) is 31.5. The second kappa shape index (κ2) is 13.2. The van der Waals surface area contributed by atoms with Crippen LogP contribution in [0.3, 0.4) is 0 Å². The molecule has 8 atom stereocenters. The van der Waals surface area contributed by atoms with E-state index >= 15 is 0 Å². The number of carboxylic acid groups (broad SMARTS) is 1. The molecule has 51 heavy (non-hydrogen) atoms. The van der Waals surface area contributed by atoms with Gasteiger partial charge >= 0.3 is 5.97 Å². The maximum Gasteiger partial charge on any atom is 0.335 e. The van der Waals surface area contributed by atoms with Gasteiger partial charge in [0.05, 0.1) is 5.56 Å². The molecule has 4 unspecified atom stereocenters. The predicted octanol–water partition coefficient (Wildman–Crippen LogP) is 6.13. The summed E-state index contributed by atoms with van der Waals surface area (Å²) in [5, 5.41) is 12.8. The van der Waals surface area contributed by atoms with Crippen molar-refractivity contribution in [2.24, 2.45) is 45.8 Å². The predicted molar refractivity (Wildman–Crippen MR) is 202 cm³/mol. The maximum atomic E-state index is 12.6. The van der Waals surface area contributed by atoms with E-state index in [-0.39, 0.29) is 16.4 Å². The molecule has 1 heterocycles. The molecule has 5 aliphatic carbocycles. The van der Waals surface area contributed by atoms with Gasteiger partial charge in [0.25, 0.3) is 0 Å². The molecule has 7 rings (SSSR count). The third-order valence-corrected chi connectivity index (χ3v) is 19.6. The molecule has 0 aromatic heterocycles. The highest BCUT2D eigenvalue weighted by Gasteiger charge is 2.65. The van der Waals surface area contributed by atoms with Crippen LogP contribution in [-0.4, -0.2) is 93.3 Å². The first kappa shape index (κ1) is 37.5. The summed E-state index contributed by atoms with van der Waals surface area (Å²) in [5.74, 6) is 2.69. The van der Waals surface area contributed by atoms with Crippen LogP contribution >= 0.6 is 0 Å².